The fraction of sp³-hybridized carbons (Fsp3) is 0.692. The minimum Gasteiger partial charge on any atom is -0.306 e. The number of allylic oxidation sites excluding steroid dienone is 1. The lowest BCUT2D eigenvalue weighted by molar-refractivity contribution is 0.221. The monoisotopic (exact) mass is 364 g/mol. The van der Waals surface area contributed by atoms with E-state index in [-0.39, 0.29) is 31.7 Å². The number of hydrogen-bond acceptors (Lipinski definition) is 8. The third-order valence-corrected chi connectivity index (χ3v) is 6.63. The van der Waals surface area contributed by atoms with Crippen LogP contribution in [0.3, 0.4) is 0 Å². The molecule has 0 aromatic heterocycles. The predicted octanol–water partition coefficient (Wildman–Crippen LogP) is 4.02. The van der Waals surface area contributed by atoms with E-state index in [1.54, 1.807) is 39.8 Å². The fourth-order valence-electron chi connectivity index (χ4n) is 1.62. The molecule has 0 saturated carbocycles. The molecule has 0 aliphatic heterocycles. The van der Waals surface area contributed by atoms with Gasteiger partial charge in [-0.2, -0.15) is 10.5 Å². The van der Waals surface area contributed by atoms with Crippen molar-refractivity contribution in [2.75, 3.05) is 26.4 Å². The Labute approximate surface area is 137 Å². The first kappa shape index (κ1) is 22.0. The van der Waals surface area contributed by atoms with E-state index in [1.807, 2.05) is 0 Å². The maximum atomic E-state index is 12.9. The Morgan fingerprint density at radius 2 is 1.30 bits per heavy atom. The normalized spacial score (nSPS) is 12.9. The van der Waals surface area contributed by atoms with Crippen LogP contribution in [0.4, 0.5) is 0 Å². The highest BCUT2D eigenvalue weighted by molar-refractivity contribution is 7.62. The lowest BCUT2D eigenvalue weighted by atomic mass is 10.2. The molecule has 10 heteroatoms. The molecule has 0 unspecified atom stereocenters. The molecular weight excluding hydrogens is 342 g/mol. The van der Waals surface area contributed by atoms with Crippen LogP contribution < -0.4 is 0 Å². The summed E-state index contributed by atoms with van der Waals surface area (Å²) in [6.45, 7) is 6.56. The molecule has 0 rings (SSSR count). The van der Waals surface area contributed by atoms with Crippen LogP contribution >= 0.6 is 15.2 Å². The van der Waals surface area contributed by atoms with Crippen LogP contribution in [0.5, 0.6) is 0 Å². The van der Waals surface area contributed by atoms with E-state index in [4.69, 9.17) is 28.6 Å². The molecule has 0 aromatic carbocycles. The zero-order valence-electron chi connectivity index (χ0n) is 13.7. The van der Waals surface area contributed by atoms with Gasteiger partial charge in [-0.05, 0) is 27.7 Å². The Morgan fingerprint density at radius 3 is 1.61 bits per heavy atom. The molecule has 0 spiro atoms. The summed E-state index contributed by atoms with van der Waals surface area (Å²) in [5.41, 5.74) is 0. The summed E-state index contributed by atoms with van der Waals surface area (Å²) in [4.78, 5) is 0. The largest absolute Gasteiger partial charge is 0.360 e. The van der Waals surface area contributed by atoms with Crippen LogP contribution in [-0.2, 0) is 27.2 Å². The van der Waals surface area contributed by atoms with Gasteiger partial charge in [0.1, 0.15) is 0 Å². The molecule has 0 amide bonds. The molecule has 0 N–H and O–H groups in total. The fourth-order valence-corrected chi connectivity index (χ4v) is 5.52. The van der Waals surface area contributed by atoms with Gasteiger partial charge in [0.2, 0.25) is 0 Å². The van der Waals surface area contributed by atoms with Gasteiger partial charge in [0, 0.05) is 5.82 Å². The SMILES string of the molecule is CCOP(=O)(C=C(C(C#N)C#N)P(=O)(OCC)OCC)OCC. The van der Waals surface area contributed by atoms with Gasteiger partial charge in [0.15, 0.2) is 5.92 Å². The van der Waals surface area contributed by atoms with Gasteiger partial charge >= 0.3 is 15.2 Å². The van der Waals surface area contributed by atoms with Crippen molar-refractivity contribution in [3.63, 3.8) is 0 Å². The smallest absolute Gasteiger partial charge is 0.306 e. The topological polar surface area (TPSA) is 119 Å². The van der Waals surface area contributed by atoms with Gasteiger partial charge in [-0.3, -0.25) is 9.13 Å². The van der Waals surface area contributed by atoms with Crippen LogP contribution in [0.1, 0.15) is 27.7 Å². The highest BCUT2D eigenvalue weighted by atomic mass is 31.2. The molecule has 23 heavy (non-hydrogen) atoms. The summed E-state index contributed by atoms with van der Waals surface area (Å²) < 4.78 is 46.0. The number of rotatable bonds is 11. The van der Waals surface area contributed by atoms with Crippen LogP contribution in [-0.4, -0.2) is 26.4 Å². The molecule has 0 saturated heterocycles. The molecule has 0 aliphatic carbocycles. The van der Waals surface area contributed by atoms with Crippen molar-refractivity contribution in [2.45, 2.75) is 27.7 Å². The van der Waals surface area contributed by atoms with Gasteiger partial charge in [-0.25, -0.2) is 0 Å². The van der Waals surface area contributed by atoms with Crippen molar-refractivity contribution in [3.05, 3.63) is 11.1 Å². The summed E-state index contributed by atoms with van der Waals surface area (Å²) in [5, 5.41) is 17.9. The molecule has 0 atom stereocenters. The first-order chi connectivity index (χ1) is 10.9. The lowest BCUT2D eigenvalue weighted by Crippen LogP contribution is -2.07. The molecule has 130 valence electrons. The van der Waals surface area contributed by atoms with Gasteiger partial charge < -0.3 is 18.1 Å². The second-order valence-corrected chi connectivity index (χ2v) is 7.84. The van der Waals surface area contributed by atoms with Gasteiger partial charge in [0.05, 0.1) is 43.9 Å². The minimum atomic E-state index is -3.98. The van der Waals surface area contributed by atoms with Crippen LogP contribution in [0.25, 0.3) is 0 Å². The van der Waals surface area contributed by atoms with E-state index in [2.05, 4.69) is 0 Å². The van der Waals surface area contributed by atoms with Gasteiger partial charge in [-0.1, -0.05) is 0 Å². The Bertz CT molecular complexity index is 544. The second kappa shape index (κ2) is 10.7. The Kier molecular flexibility index (Phi) is 10.3. The maximum Gasteiger partial charge on any atom is 0.360 e. The van der Waals surface area contributed by atoms with Gasteiger partial charge in [0.25, 0.3) is 0 Å². The predicted molar refractivity (Wildman–Crippen MR) is 84.5 cm³/mol. The summed E-state index contributed by atoms with van der Waals surface area (Å²) in [7, 11) is -7.77. The van der Waals surface area contributed by atoms with Crippen molar-refractivity contribution in [1.29, 1.82) is 10.5 Å². The third kappa shape index (κ3) is 6.57. The van der Waals surface area contributed by atoms with Crippen molar-refractivity contribution in [1.82, 2.24) is 0 Å². The van der Waals surface area contributed by atoms with E-state index < -0.39 is 21.1 Å². The van der Waals surface area contributed by atoms with Crippen LogP contribution in [0.2, 0.25) is 0 Å². The van der Waals surface area contributed by atoms with Crippen LogP contribution in [0.15, 0.2) is 11.1 Å². The first-order valence-electron chi connectivity index (χ1n) is 7.16. The van der Waals surface area contributed by atoms with Gasteiger partial charge in [-0.15, -0.1) is 0 Å². The molecule has 0 aromatic rings. The Morgan fingerprint density at radius 1 is 0.913 bits per heavy atom. The molecule has 0 aliphatic rings. The Hall–Kier alpha value is -0.980. The summed E-state index contributed by atoms with van der Waals surface area (Å²) in [6, 6.07) is 3.37. The molecule has 0 fully saturated rings. The van der Waals surface area contributed by atoms with E-state index in [1.165, 1.54) is 0 Å². The molecule has 0 bridgehead atoms. The van der Waals surface area contributed by atoms with Crippen molar-refractivity contribution < 1.29 is 27.2 Å². The number of hydrogen-bond donors (Lipinski definition) is 0. The molecule has 0 radical (unpaired) electrons. The highest BCUT2D eigenvalue weighted by Gasteiger charge is 2.39. The quantitative estimate of drug-likeness (QED) is 0.504. The number of nitriles is 2. The molecule has 8 nitrogen and oxygen atoms in total. The number of nitrogens with zero attached hydrogens (tertiary/aromatic N) is 2. The summed E-state index contributed by atoms with van der Waals surface area (Å²) in [5.74, 6) is -0.545. The highest BCUT2D eigenvalue weighted by Crippen LogP contribution is 2.63. The molecular formula is C13H22N2O6P2. The standard InChI is InChI=1S/C13H22N2O6P2/c1-5-18-22(16,19-6-2)11-13(12(9-14)10-15)23(17,20-7-3)21-8-4/h11-12H,5-8H2,1-4H3. The zero-order valence-corrected chi connectivity index (χ0v) is 15.5. The summed E-state index contributed by atoms with van der Waals surface area (Å²) >= 11 is 0. The third-order valence-electron chi connectivity index (χ3n) is 2.38. The maximum absolute atomic E-state index is 12.9. The average molecular weight is 364 g/mol. The summed E-state index contributed by atoms with van der Waals surface area (Å²) in [6.07, 6.45) is 0. The van der Waals surface area contributed by atoms with Crippen molar-refractivity contribution >= 4 is 15.2 Å². The van der Waals surface area contributed by atoms with E-state index in [9.17, 15) is 9.13 Å². The van der Waals surface area contributed by atoms with Crippen molar-refractivity contribution in [3.8, 4) is 12.1 Å². The minimum absolute atomic E-state index is 0.0196. The lowest BCUT2D eigenvalue weighted by Gasteiger charge is -2.22. The Balaban J connectivity index is 6.21. The van der Waals surface area contributed by atoms with E-state index in [0.717, 1.165) is 5.82 Å². The molecule has 0 heterocycles. The zero-order chi connectivity index (χ0) is 17.9. The first-order valence-corrected chi connectivity index (χ1v) is 10.3. The van der Waals surface area contributed by atoms with E-state index in [0.29, 0.717) is 0 Å². The van der Waals surface area contributed by atoms with Crippen molar-refractivity contribution in [2.24, 2.45) is 5.92 Å². The average Bonchev–Trinajstić information content (AvgIpc) is 2.48. The van der Waals surface area contributed by atoms with E-state index >= 15 is 0 Å². The van der Waals surface area contributed by atoms with Crippen LogP contribution in [0, 0.1) is 28.6 Å². The second-order valence-electron chi connectivity index (χ2n) is 3.95.